The van der Waals surface area contributed by atoms with Gasteiger partial charge < -0.3 is 0 Å². The van der Waals surface area contributed by atoms with Gasteiger partial charge in [0.15, 0.2) is 0 Å². The Morgan fingerprint density at radius 3 is 2.70 bits per heavy atom. The van der Waals surface area contributed by atoms with E-state index in [1.54, 1.807) is 0 Å². The summed E-state index contributed by atoms with van der Waals surface area (Å²) in [5, 5.41) is 0. The first kappa shape index (κ1) is 8.15. The van der Waals surface area contributed by atoms with E-state index in [4.69, 9.17) is 0 Å². The molecule has 0 spiro atoms. The summed E-state index contributed by atoms with van der Waals surface area (Å²) in [6.45, 7) is 9.45. The molecular weight excluding hydrogens is 142 g/mol. The van der Waals surface area contributed by atoms with Crippen molar-refractivity contribution in [2.75, 3.05) is 12.3 Å². The van der Waals surface area contributed by atoms with Gasteiger partial charge in [-0.05, 0) is 20.3 Å². The molecule has 0 radical (unpaired) electrons. The van der Waals surface area contributed by atoms with Crippen LogP contribution < -0.4 is 0 Å². The van der Waals surface area contributed by atoms with Crippen LogP contribution in [0.3, 0.4) is 0 Å². The maximum atomic E-state index is 3.82. The van der Waals surface area contributed by atoms with Gasteiger partial charge in [0.05, 0.1) is 0 Å². The molecule has 1 rings (SSSR count). The zero-order valence-electron chi connectivity index (χ0n) is 6.76. The third-order valence-electron chi connectivity index (χ3n) is 1.89. The summed E-state index contributed by atoms with van der Waals surface area (Å²) in [6.07, 6.45) is 3.34. The fourth-order valence-electron chi connectivity index (χ4n) is 1.00. The lowest BCUT2D eigenvalue weighted by Crippen LogP contribution is -2.34. The standard InChI is InChI=1S/C8H15NS/c1-4-8(2,3)9-6-5-7-10-9/h4H,1,5-7H2,2-3H3. The van der Waals surface area contributed by atoms with Crippen LogP contribution in [-0.4, -0.2) is 22.1 Å². The third-order valence-corrected chi connectivity index (χ3v) is 3.33. The molecule has 1 nitrogen and oxygen atoms in total. The Labute approximate surface area is 67.6 Å². The van der Waals surface area contributed by atoms with Gasteiger partial charge in [0.2, 0.25) is 0 Å². The molecule has 10 heavy (non-hydrogen) atoms. The molecule has 58 valence electrons. The molecule has 0 unspecified atom stereocenters. The Hall–Kier alpha value is 0.0500. The molecule has 1 saturated heterocycles. The van der Waals surface area contributed by atoms with Gasteiger partial charge in [-0.1, -0.05) is 18.0 Å². The van der Waals surface area contributed by atoms with Gasteiger partial charge in [-0.25, -0.2) is 4.31 Å². The molecule has 0 aliphatic carbocycles. The van der Waals surface area contributed by atoms with Gasteiger partial charge in [-0.15, -0.1) is 6.58 Å². The molecule has 0 aromatic rings. The molecule has 1 fully saturated rings. The maximum absolute atomic E-state index is 3.82. The fraction of sp³-hybridized carbons (Fsp3) is 0.750. The molecular formula is C8H15NS. The highest BCUT2D eigenvalue weighted by Crippen LogP contribution is 2.29. The van der Waals surface area contributed by atoms with Crippen LogP contribution in [0.15, 0.2) is 12.7 Å². The van der Waals surface area contributed by atoms with Crippen molar-refractivity contribution < 1.29 is 0 Å². The van der Waals surface area contributed by atoms with Gasteiger partial charge in [0.1, 0.15) is 0 Å². The largest absolute Gasteiger partial charge is 0.241 e. The minimum absolute atomic E-state index is 0.182. The first-order chi connectivity index (χ1) is 4.67. The van der Waals surface area contributed by atoms with Gasteiger partial charge in [0.25, 0.3) is 0 Å². The molecule has 2 heteroatoms. The van der Waals surface area contributed by atoms with Crippen molar-refractivity contribution in [3.8, 4) is 0 Å². The van der Waals surface area contributed by atoms with Crippen LogP contribution in [0.5, 0.6) is 0 Å². The highest BCUT2D eigenvalue weighted by Gasteiger charge is 2.26. The predicted octanol–water partition coefficient (Wildman–Crippen LogP) is 2.30. The van der Waals surface area contributed by atoms with Crippen molar-refractivity contribution in [3.05, 3.63) is 12.7 Å². The highest BCUT2D eigenvalue weighted by molar-refractivity contribution is 7.97. The first-order valence-corrected chi connectivity index (χ1v) is 4.65. The van der Waals surface area contributed by atoms with Crippen LogP contribution in [-0.2, 0) is 0 Å². The Morgan fingerprint density at radius 2 is 2.30 bits per heavy atom. The van der Waals surface area contributed by atoms with Gasteiger partial charge >= 0.3 is 0 Å². The Balaban J connectivity index is 2.53. The van der Waals surface area contributed by atoms with E-state index in [2.05, 4.69) is 24.7 Å². The topological polar surface area (TPSA) is 3.24 Å². The van der Waals surface area contributed by atoms with E-state index in [9.17, 15) is 0 Å². The molecule has 0 amide bonds. The molecule has 1 aliphatic heterocycles. The minimum atomic E-state index is 0.182. The molecule has 1 aliphatic rings. The summed E-state index contributed by atoms with van der Waals surface area (Å²) in [5.74, 6) is 1.28. The summed E-state index contributed by atoms with van der Waals surface area (Å²) in [5.41, 5.74) is 0.182. The summed E-state index contributed by atoms with van der Waals surface area (Å²) in [4.78, 5) is 0. The van der Waals surface area contributed by atoms with E-state index < -0.39 is 0 Å². The van der Waals surface area contributed by atoms with Crippen LogP contribution in [0.4, 0.5) is 0 Å². The lowest BCUT2D eigenvalue weighted by Gasteiger charge is -2.30. The summed E-state index contributed by atoms with van der Waals surface area (Å²) < 4.78 is 2.40. The molecule has 1 heterocycles. The monoisotopic (exact) mass is 157 g/mol. The number of rotatable bonds is 2. The van der Waals surface area contributed by atoms with Crippen molar-refractivity contribution in [1.29, 1.82) is 0 Å². The Morgan fingerprint density at radius 1 is 1.60 bits per heavy atom. The van der Waals surface area contributed by atoms with Crippen LogP contribution in [0, 0.1) is 0 Å². The molecule has 0 atom stereocenters. The molecule has 0 aromatic heterocycles. The van der Waals surface area contributed by atoms with E-state index in [1.807, 2.05) is 18.0 Å². The number of hydrogen-bond acceptors (Lipinski definition) is 2. The van der Waals surface area contributed by atoms with Crippen molar-refractivity contribution in [1.82, 2.24) is 4.31 Å². The number of nitrogens with zero attached hydrogens (tertiary/aromatic N) is 1. The highest BCUT2D eigenvalue weighted by atomic mass is 32.2. The molecule has 0 saturated carbocycles. The Bertz CT molecular complexity index is 125. The summed E-state index contributed by atoms with van der Waals surface area (Å²) >= 11 is 1.94. The number of hydrogen-bond donors (Lipinski definition) is 0. The Kier molecular flexibility index (Phi) is 2.42. The van der Waals surface area contributed by atoms with Gasteiger partial charge in [0, 0.05) is 17.8 Å². The molecule has 0 N–H and O–H groups in total. The SMILES string of the molecule is C=CC(C)(C)N1CCCS1. The summed E-state index contributed by atoms with van der Waals surface area (Å²) in [7, 11) is 0. The van der Waals surface area contributed by atoms with Gasteiger partial charge in [-0.2, -0.15) is 0 Å². The van der Waals surface area contributed by atoms with E-state index in [0.717, 1.165) is 0 Å². The summed E-state index contributed by atoms with van der Waals surface area (Å²) in [6, 6.07) is 0. The second kappa shape index (κ2) is 2.97. The van der Waals surface area contributed by atoms with Crippen molar-refractivity contribution in [3.63, 3.8) is 0 Å². The van der Waals surface area contributed by atoms with Crippen molar-refractivity contribution in [2.45, 2.75) is 25.8 Å². The van der Waals surface area contributed by atoms with E-state index in [-0.39, 0.29) is 5.54 Å². The zero-order valence-corrected chi connectivity index (χ0v) is 7.58. The fourth-order valence-corrected chi connectivity index (χ4v) is 2.15. The quantitative estimate of drug-likeness (QED) is 0.447. The second-order valence-corrected chi connectivity index (χ2v) is 4.25. The molecule has 0 aromatic carbocycles. The predicted molar refractivity (Wildman–Crippen MR) is 48.1 cm³/mol. The lowest BCUT2D eigenvalue weighted by molar-refractivity contribution is 0.326. The van der Waals surface area contributed by atoms with E-state index >= 15 is 0 Å². The first-order valence-electron chi connectivity index (χ1n) is 3.71. The third kappa shape index (κ3) is 1.55. The van der Waals surface area contributed by atoms with E-state index in [1.165, 1.54) is 18.7 Å². The van der Waals surface area contributed by atoms with Crippen molar-refractivity contribution >= 4 is 11.9 Å². The molecule has 0 bridgehead atoms. The average molecular weight is 157 g/mol. The van der Waals surface area contributed by atoms with Crippen molar-refractivity contribution in [2.24, 2.45) is 0 Å². The maximum Gasteiger partial charge on any atom is 0.0433 e. The van der Waals surface area contributed by atoms with Crippen LogP contribution >= 0.6 is 11.9 Å². The zero-order chi connectivity index (χ0) is 7.61. The van der Waals surface area contributed by atoms with Gasteiger partial charge in [-0.3, -0.25) is 0 Å². The average Bonchev–Trinajstić information content (AvgIpc) is 2.38. The van der Waals surface area contributed by atoms with Crippen LogP contribution in [0.1, 0.15) is 20.3 Å². The van der Waals surface area contributed by atoms with Crippen LogP contribution in [0.2, 0.25) is 0 Å². The normalized spacial score (nSPS) is 21.4. The minimum Gasteiger partial charge on any atom is -0.241 e. The second-order valence-electron chi connectivity index (χ2n) is 3.15. The van der Waals surface area contributed by atoms with E-state index in [0.29, 0.717) is 0 Å². The smallest absolute Gasteiger partial charge is 0.0433 e. The lowest BCUT2D eigenvalue weighted by atomic mass is 10.1. The van der Waals surface area contributed by atoms with Crippen LogP contribution in [0.25, 0.3) is 0 Å².